The zero-order valence-corrected chi connectivity index (χ0v) is 43.9. The lowest BCUT2D eigenvalue weighted by Crippen LogP contribution is -2.46. The summed E-state index contributed by atoms with van der Waals surface area (Å²) in [5, 5.41) is 26.2. The Kier molecular flexibility index (Phi) is 27.0. The number of rotatable bonds is 35. The number of nitrogens with two attached hydrogens (primary N) is 1. The van der Waals surface area contributed by atoms with Gasteiger partial charge in [-0.25, -0.2) is 28.6 Å². The van der Waals surface area contributed by atoms with E-state index in [0.717, 1.165) is 80.4 Å². The number of hydrogen-bond donors (Lipinski definition) is 9. The molecule has 72 heavy (non-hydrogen) atoms. The van der Waals surface area contributed by atoms with Crippen LogP contribution < -0.4 is 16.4 Å². The van der Waals surface area contributed by atoms with E-state index in [-0.39, 0.29) is 59.6 Å². The van der Waals surface area contributed by atoms with Crippen molar-refractivity contribution in [3.05, 3.63) is 61.3 Å². The third kappa shape index (κ3) is 23.6. The number of nitrogens with zero attached hydrogens (tertiary/aromatic N) is 4. The van der Waals surface area contributed by atoms with Crippen molar-refractivity contribution in [1.29, 1.82) is 0 Å². The highest BCUT2D eigenvalue weighted by molar-refractivity contribution is 8.13. The number of unbranched alkanes of at least 4 members (excludes halogenated alkanes) is 4. The molecule has 0 aromatic carbocycles. The van der Waals surface area contributed by atoms with Crippen molar-refractivity contribution in [1.82, 2.24) is 30.2 Å². The fourth-order valence-corrected chi connectivity index (χ4v) is 10.2. The molecule has 404 valence electrons. The van der Waals surface area contributed by atoms with Gasteiger partial charge in [-0.15, -0.1) is 0 Å². The number of hydrogen-bond acceptors (Lipinski definition) is 19. The smallest absolute Gasteiger partial charge is 0.386 e. The van der Waals surface area contributed by atoms with Crippen LogP contribution >= 0.6 is 35.2 Å². The van der Waals surface area contributed by atoms with Crippen LogP contribution in [0.3, 0.4) is 0 Å². The van der Waals surface area contributed by atoms with Crippen LogP contribution in [0.25, 0.3) is 11.2 Å². The summed E-state index contributed by atoms with van der Waals surface area (Å²) >= 11 is 0.925. The van der Waals surface area contributed by atoms with Gasteiger partial charge >= 0.3 is 23.5 Å². The number of nitrogens with one attached hydrogen (secondary N) is 2. The minimum Gasteiger partial charge on any atom is -0.386 e. The molecule has 2 amide bonds. The molecule has 3 rings (SSSR count). The summed E-state index contributed by atoms with van der Waals surface area (Å²) in [6.45, 7) is 2.42. The number of aromatic nitrogens is 4. The number of ether oxygens (including phenoxy) is 1. The van der Waals surface area contributed by atoms with Crippen LogP contribution in [0.2, 0.25) is 0 Å². The molecular weight excluding hydrogens is 1030 g/mol. The number of thioether (sulfide) groups is 1. The first-order valence-electron chi connectivity index (χ1n) is 23.1. The van der Waals surface area contributed by atoms with Crippen molar-refractivity contribution < 1.29 is 85.3 Å². The van der Waals surface area contributed by atoms with Crippen LogP contribution in [0.1, 0.15) is 104 Å². The SMILES string of the molecule is CC/C=C\C/C=C\C/C=C\C/C=C\CCCCCCC(=O)CC(=O)SCCNC(=O)CCNC(=O)[C@H](O)C(C)(C)COP(=O)(O)OP(=O)(O)OC[C@H]1O[C@@H](n2cnc3c(N)ncnc32)[C@H](O)[C@@H]1OP(=O)(O)O. The Morgan fingerprint density at radius 3 is 2.18 bits per heavy atom. The quantitative estimate of drug-likeness (QED) is 0.0194. The molecular formula is C43H68N7O18P3S. The molecule has 2 aromatic heterocycles. The van der Waals surface area contributed by atoms with E-state index < -0.39 is 84.6 Å². The molecule has 1 aliphatic heterocycles. The molecule has 29 heteroatoms. The summed E-state index contributed by atoms with van der Waals surface area (Å²) in [6, 6.07) is 0. The Labute approximate surface area is 421 Å². The monoisotopic (exact) mass is 1100 g/mol. The lowest BCUT2D eigenvalue weighted by Gasteiger charge is -2.30. The van der Waals surface area contributed by atoms with Gasteiger partial charge in [0.2, 0.25) is 11.8 Å². The molecule has 7 atom stereocenters. The molecule has 10 N–H and O–H groups in total. The van der Waals surface area contributed by atoms with Gasteiger partial charge in [-0.05, 0) is 44.9 Å². The number of nitrogen functional groups attached to an aromatic ring is 1. The van der Waals surface area contributed by atoms with Crippen molar-refractivity contribution in [3.63, 3.8) is 0 Å². The first-order valence-corrected chi connectivity index (χ1v) is 28.6. The standard InChI is InChI=1S/C43H68N7O18P3S/c1-4-5-6-7-8-9-10-11-12-13-14-15-16-17-18-19-20-21-31(51)26-34(53)72-25-24-45-33(52)22-23-46-41(56)38(55)43(2,3)28-65-71(62,63)68-70(60,61)64-27-32-37(67-69(57,58)59)36(54)42(66-32)50-30-49-35-39(44)47-29-48-40(35)50/h5-6,8-9,11-12,14-15,29-30,32,36-38,42,54-55H,4,7,10,13,16-28H2,1-3H3,(H,45,52)(H,46,56)(H,60,61)(H,62,63)(H2,44,47,48)(H2,57,58,59)/b6-5-,9-8-,12-11-,15-14-/t32-,36-,37-,38+,42-/m1/s1. The number of allylic oxidation sites excluding steroid dienone is 8. The summed E-state index contributed by atoms with van der Waals surface area (Å²) in [5.41, 5.74) is 4.24. The third-order valence-electron chi connectivity index (χ3n) is 10.4. The molecule has 0 saturated carbocycles. The molecule has 3 heterocycles. The van der Waals surface area contributed by atoms with E-state index in [1.165, 1.54) is 13.8 Å². The van der Waals surface area contributed by atoms with Crippen LogP contribution in [0.5, 0.6) is 0 Å². The molecule has 25 nitrogen and oxygen atoms in total. The van der Waals surface area contributed by atoms with Gasteiger partial charge in [-0.3, -0.25) is 37.3 Å². The fraction of sp³-hybridized carbons (Fsp3) is 0.605. The van der Waals surface area contributed by atoms with Gasteiger partial charge < -0.3 is 50.9 Å². The second-order valence-electron chi connectivity index (χ2n) is 17.0. The predicted octanol–water partition coefficient (Wildman–Crippen LogP) is 4.77. The van der Waals surface area contributed by atoms with E-state index in [0.29, 0.717) is 12.8 Å². The maximum absolute atomic E-state index is 12.8. The average molecular weight is 1100 g/mol. The summed E-state index contributed by atoms with van der Waals surface area (Å²) in [5.74, 6) is -1.45. The Hall–Kier alpha value is -3.81. The molecule has 1 fully saturated rings. The predicted molar refractivity (Wildman–Crippen MR) is 265 cm³/mol. The highest BCUT2D eigenvalue weighted by Gasteiger charge is 2.50. The van der Waals surface area contributed by atoms with Gasteiger partial charge in [0.1, 0.15) is 42.0 Å². The van der Waals surface area contributed by atoms with E-state index in [2.05, 4.69) is 90.0 Å². The second kappa shape index (κ2) is 31.2. The van der Waals surface area contributed by atoms with Crippen molar-refractivity contribution in [2.75, 3.05) is 37.8 Å². The zero-order chi connectivity index (χ0) is 53.4. The Bertz CT molecular complexity index is 2340. The number of amides is 2. The number of fused-ring (bicyclic) bond motifs is 1. The second-order valence-corrected chi connectivity index (χ2v) is 22.3. The largest absolute Gasteiger partial charge is 0.481 e. The van der Waals surface area contributed by atoms with Crippen LogP contribution in [-0.4, -0.2) is 128 Å². The molecule has 0 aliphatic carbocycles. The number of imidazole rings is 1. The number of carbonyl (C=O) groups is 4. The molecule has 1 aliphatic rings. The van der Waals surface area contributed by atoms with Crippen molar-refractivity contribution >= 4 is 74.9 Å². The van der Waals surface area contributed by atoms with Gasteiger partial charge in [0, 0.05) is 37.1 Å². The summed E-state index contributed by atoms with van der Waals surface area (Å²) in [7, 11) is -16.5. The summed E-state index contributed by atoms with van der Waals surface area (Å²) in [6.07, 6.45) is 18.8. The van der Waals surface area contributed by atoms with Crippen LogP contribution in [-0.2, 0) is 55.5 Å². The van der Waals surface area contributed by atoms with E-state index in [1.807, 2.05) is 0 Å². The topological polar surface area (TPSA) is 381 Å². The zero-order valence-electron chi connectivity index (χ0n) is 40.4. The molecule has 2 aromatic rings. The molecule has 1 saturated heterocycles. The van der Waals surface area contributed by atoms with Crippen LogP contribution in [0.4, 0.5) is 5.82 Å². The number of anilines is 1. The number of phosphoric acid groups is 3. The minimum absolute atomic E-state index is 0.0240. The normalized spacial score (nSPS) is 19.9. The first-order chi connectivity index (χ1) is 33.9. The summed E-state index contributed by atoms with van der Waals surface area (Å²) in [4.78, 5) is 101. The van der Waals surface area contributed by atoms with Crippen molar-refractivity contribution in [2.24, 2.45) is 5.41 Å². The van der Waals surface area contributed by atoms with Gasteiger partial charge in [0.15, 0.2) is 22.8 Å². The van der Waals surface area contributed by atoms with Gasteiger partial charge in [0.25, 0.3) is 0 Å². The Morgan fingerprint density at radius 2 is 1.51 bits per heavy atom. The van der Waals surface area contributed by atoms with Gasteiger partial charge in [0.05, 0.1) is 26.0 Å². The van der Waals surface area contributed by atoms with Crippen molar-refractivity contribution in [3.8, 4) is 0 Å². The molecule has 0 spiro atoms. The van der Waals surface area contributed by atoms with Gasteiger partial charge in [-0.1, -0.05) is 94.0 Å². The lowest BCUT2D eigenvalue weighted by molar-refractivity contribution is -0.137. The van der Waals surface area contributed by atoms with Gasteiger partial charge in [-0.2, -0.15) is 4.31 Å². The van der Waals surface area contributed by atoms with Crippen LogP contribution in [0, 0.1) is 5.41 Å². The summed E-state index contributed by atoms with van der Waals surface area (Å²) < 4.78 is 62.4. The number of aliphatic hydroxyl groups excluding tert-OH is 2. The highest BCUT2D eigenvalue weighted by Crippen LogP contribution is 2.61. The van der Waals surface area contributed by atoms with E-state index in [9.17, 15) is 62.7 Å². The minimum atomic E-state index is -5.60. The van der Waals surface area contributed by atoms with Crippen molar-refractivity contribution in [2.45, 2.75) is 128 Å². The third-order valence-corrected chi connectivity index (χ3v) is 14.4. The van der Waals surface area contributed by atoms with E-state index in [4.69, 9.17) is 19.5 Å². The number of phosphoric ester groups is 3. The van der Waals surface area contributed by atoms with E-state index in [1.54, 1.807) is 0 Å². The Balaban J connectivity index is 1.28. The Morgan fingerprint density at radius 1 is 0.875 bits per heavy atom. The number of ketones is 1. The highest BCUT2D eigenvalue weighted by atomic mass is 32.2. The fourth-order valence-electron chi connectivity index (χ4n) is 6.63. The lowest BCUT2D eigenvalue weighted by atomic mass is 9.87. The first kappa shape index (κ1) is 62.5. The average Bonchev–Trinajstić information content (AvgIpc) is 3.86. The van der Waals surface area contributed by atoms with Crippen LogP contribution in [0.15, 0.2) is 61.3 Å². The molecule has 2 unspecified atom stereocenters. The maximum Gasteiger partial charge on any atom is 0.481 e. The number of aliphatic hydroxyl groups is 2. The molecule has 0 bridgehead atoms. The number of carbonyl (C=O) groups excluding carboxylic acids is 4. The maximum atomic E-state index is 12.8. The number of Topliss-reactive ketones (excluding diaryl/α,β-unsaturated/α-hetero) is 1. The molecule has 0 radical (unpaired) electrons. The van der Waals surface area contributed by atoms with E-state index >= 15 is 0 Å².